The van der Waals surface area contributed by atoms with Crippen LogP contribution in [0, 0.1) is 0 Å². The van der Waals surface area contributed by atoms with Gasteiger partial charge in [-0.1, -0.05) is 53.5 Å². The van der Waals surface area contributed by atoms with Crippen LogP contribution in [-0.2, 0) is 21.4 Å². The molecule has 1 amide bonds. The zero-order chi connectivity index (χ0) is 24.7. The highest BCUT2D eigenvalue weighted by atomic mass is 35.5. The number of rotatable bonds is 8. The molecule has 0 heterocycles. The summed E-state index contributed by atoms with van der Waals surface area (Å²) in [5.74, 6) is -0.181. The van der Waals surface area contributed by atoms with Crippen LogP contribution in [0.3, 0.4) is 0 Å². The van der Waals surface area contributed by atoms with E-state index in [1.54, 1.807) is 24.3 Å². The SMILES string of the molecule is CN(Cc1ccccc1)S(=O)(=O)c1ccc(NC(=S)NC(=O)COc2ccc(Cl)cc2Cl)cc1. The van der Waals surface area contributed by atoms with E-state index in [2.05, 4.69) is 10.6 Å². The average Bonchev–Trinajstić information content (AvgIpc) is 2.79. The quantitative estimate of drug-likeness (QED) is 0.404. The number of nitrogens with one attached hydrogen (secondary N) is 2. The first-order valence-corrected chi connectivity index (χ1v) is 12.5. The maximum atomic E-state index is 12.8. The number of hydrogen-bond acceptors (Lipinski definition) is 5. The van der Waals surface area contributed by atoms with Crippen LogP contribution in [0.5, 0.6) is 5.75 Å². The minimum Gasteiger partial charge on any atom is -0.482 e. The molecule has 7 nitrogen and oxygen atoms in total. The van der Waals surface area contributed by atoms with E-state index in [4.69, 9.17) is 40.2 Å². The molecule has 0 aromatic heterocycles. The van der Waals surface area contributed by atoms with Crippen LogP contribution in [-0.4, -0.2) is 37.4 Å². The average molecular weight is 538 g/mol. The number of sulfonamides is 1. The molecule has 0 aliphatic heterocycles. The summed E-state index contributed by atoms with van der Waals surface area (Å²) in [5.41, 5.74) is 1.40. The van der Waals surface area contributed by atoms with Crippen molar-refractivity contribution in [1.82, 2.24) is 9.62 Å². The first-order chi connectivity index (χ1) is 16.1. The summed E-state index contributed by atoms with van der Waals surface area (Å²) < 4.78 is 32.3. The van der Waals surface area contributed by atoms with Gasteiger partial charge in [-0.15, -0.1) is 0 Å². The Morgan fingerprint density at radius 1 is 1.03 bits per heavy atom. The Morgan fingerprint density at radius 3 is 2.35 bits per heavy atom. The molecule has 0 aliphatic carbocycles. The molecule has 178 valence electrons. The van der Waals surface area contributed by atoms with Crippen LogP contribution >= 0.6 is 35.4 Å². The number of halogens is 2. The Balaban J connectivity index is 1.53. The fraction of sp³-hybridized carbons (Fsp3) is 0.130. The molecule has 0 radical (unpaired) electrons. The molecule has 0 bridgehead atoms. The Hall–Kier alpha value is -2.69. The van der Waals surface area contributed by atoms with Gasteiger partial charge >= 0.3 is 0 Å². The molecule has 0 fully saturated rings. The number of carbonyl (C=O) groups excluding carboxylic acids is 1. The van der Waals surface area contributed by atoms with E-state index in [0.717, 1.165) is 5.56 Å². The lowest BCUT2D eigenvalue weighted by Crippen LogP contribution is -2.37. The normalized spacial score (nSPS) is 11.2. The van der Waals surface area contributed by atoms with Gasteiger partial charge in [0, 0.05) is 24.3 Å². The molecule has 3 aromatic carbocycles. The second-order valence-electron chi connectivity index (χ2n) is 7.14. The van der Waals surface area contributed by atoms with Crippen LogP contribution < -0.4 is 15.4 Å². The van der Waals surface area contributed by atoms with Gasteiger partial charge in [0.15, 0.2) is 11.7 Å². The maximum absolute atomic E-state index is 12.8. The molecule has 0 aliphatic rings. The highest BCUT2D eigenvalue weighted by molar-refractivity contribution is 7.89. The number of carbonyl (C=O) groups is 1. The number of nitrogens with zero attached hydrogens (tertiary/aromatic N) is 1. The molecule has 0 spiro atoms. The molecule has 11 heteroatoms. The van der Waals surface area contributed by atoms with Gasteiger partial charge in [-0.05, 0) is 60.2 Å². The Bertz CT molecular complexity index is 1270. The fourth-order valence-electron chi connectivity index (χ4n) is 2.88. The van der Waals surface area contributed by atoms with Crippen LogP contribution in [0.15, 0.2) is 77.7 Å². The van der Waals surface area contributed by atoms with Gasteiger partial charge in [-0.3, -0.25) is 10.1 Å². The van der Waals surface area contributed by atoms with E-state index in [1.165, 1.54) is 29.6 Å². The number of benzene rings is 3. The third kappa shape index (κ3) is 7.15. The summed E-state index contributed by atoms with van der Waals surface area (Å²) >= 11 is 17.0. The minimum atomic E-state index is -3.67. The van der Waals surface area contributed by atoms with E-state index < -0.39 is 15.9 Å². The van der Waals surface area contributed by atoms with Crippen molar-refractivity contribution in [2.24, 2.45) is 0 Å². The maximum Gasteiger partial charge on any atom is 0.264 e. The predicted octanol–water partition coefficient (Wildman–Crippen LogP) is 4.71. The highest BCUT2D eigenvalue weighted by Gasteiger charge is 2.21. The topological polar surface area (TPSA) is 87.7 Å². The third-order valence-corrected chi connectivity index (χ3v) is 7.13. The Morgan fingerprint density at radius 2 is 1.71 bits per heavy atom. The summed E-state index contributed by atoms with van der Waals surface area (Å²) in [6.45, 7) is -0.0588. The minimum absolute atomic E-state index is 0.0348. The Kier molecular flexibility index (Phi) is 8.87. The first-order valence-electron chi connectivity index (χ1n) is 9.94. The van der Waals surface area contributed by atoms with Crippen molar-refractivity contribution in [3.8, 4) is 5.75 Å². The van der Waals surface area contributed by atoms with Crippen molar-refractivity contribution >= 4 is 62.2 Å². The van der Waals surface area contributed by atoms with Crippen LogP contribution in [0.2, 0.25) is 10.0 Å². The van der Waals surface area contributed by atoms with Gasteiger partial charge in [0.2, 0.25) is 10.0 Å². The molecule has 0 saturated carbocycles. The van der Waals surface area contributed by atoms with E-state index in [0.29, 0.717) is 16.5 Å². The van der Waals surface area contributed by atoms with Crippen molar-refractivity contribution < 1.29 is 17.9 Å². The summed E-state index contributed by atoms with van der Waals surface area (Å²) in [4.78, 5) is 12.2. The zero-order valence-electron chi connectivity index (χ0n) is 18.0. The summed E-state index contributed by atoms with van der Waals surface area (Å²) in [5, 5.41) is 6.08. The van der Waals surface area contributed by atoms with Gasteiger partial charge in [-0.2, -0.15) is 4.31 Å². The molecule has 34 heavy (non-hydrogen) atoms. The molecule has 3 rings (SSSR count). The summed E-state index contributed by atoms with van der Waals surface area (Å²) in [7, 11) is -2.15. The summed E-state index contributed by atoms with van der Waals surface area (Å²) in [6, 6.07) is 20.0. The lowest BCUT2D eigenvalue weighted by molar-refractivity contribution is -0.121. The zero-order valence-corrected chi connectivity index (χ0v) is 21.1. The van der Waals surface area contributed by atoms with Crippen molar-refractivity contribution in [2.75, 3.05) is 19.0 Å². The monoisotopic (exact) mass is 537 g/mol. The van der Waals surface area contributed by atoms with Gasteiger partial charge in [-0.25, -0.2) is 8.42 Å². The van der Waals surface area contributed by atoms with Gasteiger partial charge < -0.3 is 10.1 Å². The molecular formula is C23H21Cl2N3O4S2. The Labute approximate surface area is 213 Å². The van der Waals surface area contributed by atoms with E-state index in [1.807, 2.05) is 30.3 Å². The van der Waals surface area contributed by atoms with Crippen molar-refractivity contribution in [2.45, 2.75) is 11.4 Å². The van der Waals surface area contributed by atoms with E-state index >= 15 is 0 Å². The number of anilines is 1. The molecule has 2 N–H and O–H groups in total. The van der Waals surface area contributed by atoms with Crippen molar-refractivity contribution in [3.05, 3.63) is 88.4 Å². The lowest BCUT2D eigenvalue weighted by atomic mass is 10.2. The smallest absolute Gasteiger partial charge is 0.264 e. The van der Waals surface area contributed by atoms with Crippen LogP contribution in [0.1, 0.15) is 5.56 Å². The number of ether oxygens (including phenoxy) is 1. The largest absolute Gasteiger partial charge is 0.482 e. The second-order valence-corrected chi connectivity index (χ2v) is 10.4. The lowest BCUT2D eigenvalue weighted by Gasteiger charge is -2.18. The highest BCUT2D eigenvalue weighted by Crippen LogP contribution is 2.27. The number of hydrogen-bond donors (Lipinski definition) is 2. The van der Waals surface area contributed by atoms with Crippen LogP contribution in [0.4, 0.5) is 5.69 Å². The number of amides is 1. The second kappa shape index (κ2) is 11.6. The molecule has 0 saturated heterocycles. The predicted molar refractivity (Wildman–Crippen MR) is 138 cm³/mol. The standard InChI is InChI=1S/C23H21Cl2N3O4S2/c1-28(14-16-5-3-2-4-6-16)34(30,31)19-10-8-18(9-11-19)26-23(33)27-22(29)15-32-21-12-7-17(24)13-20(21)25/h2-13H,14-15H2,1H3,(H2,26,27,29,33). The van der Waals surface area contributed by atoms with Crippen molar-refractivity contribution in [3.63, 3.8) is 0 Å². The summed E-state index contributed by atoms with van der Waals surface area (Å²) in [6.07, 6.45) is 0. The van der Waals surface area contributed by atoms with E-state index in [-0.39, 0.29) is 28.2 Å². The van der Waals surface area contributed by atoms with Crippen molar-refractivity contribution in [1.29, 1.82) is 0 Å². The molecule has 0 atom stereocenters. The third-order valence-electron chi connectivity index (χ3n) is 4.57. The fourth-order valence-corrected chi connectivity index (χ4v) is 4.73. The van der Waals surface area contributed by atoms with E-state index in [9.17, 15) is 13.2 Å². The molecule has 3 aromatic rings. The molecular weight excluding hydrogens is 517 g/mol. The van der Waals surface area contributed by atoms with Gasteiger partial charge in [0.05, 0.1) is 9.92 Å². The van der Waals surface area contributed by atoms with Gasteiger partial charge in [0.1, 0.15) is 5.75 Å². The molecule has 0 unspecified atom stereocenters. The van der Waals surface area contributed by atoms with Crippen LogP contribution in [0.25, 0.3) is 0 Å². The van der Waals surface area contributed by atoms with Gasteiger partial charge in [0.25, 0.3) is 5.91 Å². The number of thiocarbonyl (C=S) groups is 1. The first kappa shape index (κ1) is 25.9.